The third-order valence-electron chi connectivity index (χ3n) is 3.62. The average Bonchev–Trinajstić information content (AvgIpc) is 2.99. The van der Waals surface area contributed by atoms with E-state index in [9.17, 15) is 0 Å². The Kier molecular flexibility index (Phi) is 3.13. The lowest BCUT2D eigenvalue weighted by Gasteiger charge is -2.06. The van der Waals surface area contributed by atoms with Gasteiger partial charge in [-0.1, -0.05) is 60.1 Å². The molecule has 2 aromatic heterocycles. The van der Waals surface area contributed by atoms with Crippen molar-refractivity contribution in [2.75, 3.05) is 0 Å². The number of benzene rings is 2. The van der Waals surface area contributed by atoms with Gasteiger partial charge >= 0.3 is 0 Å². The quantitative estimate of drug-likeness (QED) is 0.536. The SMILES string of the molecule is Clc1ccccc1-c1ccc2nnc(-c3ccccc3)n2c1. The highest BCUT2D eigenvalue weighted by molar-refractivity contribution is 6.33. The van der Waals surface area contributed by atoms with Crippen molar-refractivity contribution in [3.63, 3.8) is 0 Å². The summed E-state index contributed by atoms with van der Waals surface area (Å²) in [4.78, 5) is 0. The molecule has 4 rings (SSSR count). The minimum atomic E-state index is 0.733. The first kappa shape index (κ1) is 13.0. The molecule has 0 radical (unpaired) electrons. The maximum Gasteiger partial charge on any atom is 0.168 e. The molecule has 2 heterocycles. The molecule has 0 aliphatic rings. The minimum absolute atomic E-state index is 0.733. The molecule has 22 heavy (non-hydrogen) atoms. The molecule has 0 unspecified atom stereocenters. The van der Waals surface area contributed by atoms with Crippen LogP contribution in [0.3, 0.4) is 0 Å². The molecule has 0 aliphatic heterocycles. The van der Waals surface area contributed by atoms with Crippen molar-refractivity contribution < 1.29 is 0 Å². The van der Waals surface area contributed by atoms with Gasteiger partial charge in [-0.2, -0.15) is 0 Å². The zero-order valence-corrected chi connectivity index (χ0v) is 12.4. The monoisotopic (exact) mass is 305 g/mol. The van der Waals surface area contributed by atoms with E-state index in [-0.39, 0.29) is 0 Å². The molecule has 0 spiro atoms. The Morgan fingerprint density at radius 2 is 1.50 bits per heavy atom. The van der Waals surface area contributed by atoms with E-state index in [0.717, 1.165) is 33.2 Å². The van der Waals surface area contributed by atoms with E-state index in [1.54, 1.807) is 0 Å². The predicted octanol–water partition coefficient (Wildman–Crippen LogP) is 4.72. The Bertz CT molecular complexity index is 945. The van der Waals surface area contributed by atoms with Crippen LogP contribution in [0.25, 0.3) is 28.2 Å². The number of pyridine rings is 1. The van der Waals surface area contributed by atoms with Gasteiger partial charge in [-0.25, -0.2) is 0 Å². The summed E-state index contributed by atoms with van der Waals surface area (Å²) >= 11 is 6.30. The van der Waals surface area contributed by atoms with E-state index in [1.807, 2.05) is 77.3 Å². The Hall–Kier alpha value is -2.65. The van der Waals surface area contributed by atoms with Gasteiger partial charge in [0, 0.05) is 27.9 Å². The molecule has 0 saturated carbocycles. The zero-order chi connectivity index (χ0) is 14.9. The summed E-state index contributed by atoms with van der Waals surface area (Å²) in [6.07, 6.45) is 2.03. The van der Waals surface area contributed by atoms with Gasteiger partial charge in [0.1, 0.15) is 0 Å². The predicted molar refractivity (Wildman–Crippen MR) is 88.9 cm³/mol. The van der Waals surface area contributed by atoms with Crippen LogP contribution in [-0.2, 0) is 0 Å². The van der Waals surface area contributed by atoms with Crippen LogP contribution < -0.4 is 0 Å². The van der Waals surface area contributed by atoms with Crippen molar-refractivity contribution in [1.82, 2.24) is 14.6 Å². The van der Waals surface area contributed by atoms with Crippen molar-refractivity contribution in [2.45, 2.75) is 0 Å². The lowest BCUT2D eigenvalue weighted by atomic mass is 10.1. The topological polar surface area (TPSA) is 30.2 Å². The van der Waals surface area contributed by atoms with Crippen molar-refractivity contribution in [2.24, 2.45) is 0 Å². The van der Waals surface area contributed by atoms with E-state index >= 15 is 0 Å². The van der Waals surface area contributed by atoms with E-state index in [2.05, 4.69) is 10.2 Å². The number of halogens is 1. The molecule has 0 atom stereocenters. The number of fused-ring (bicyclic) bond motifs is 1. The number of aromatic nitrogens is 3. The second kappa shape index (κ2) is 5.28. The molecule has 4 aromatic rings. The summed E-state index contributed by atoms with van der Waals surface area (Å²) in [7, 11) is 0. The molecular weight excluding hydrogens is 294 g/mol. The van der Waals surface area contributed by atoms with Crippen LogP contribution >= 0.6 is 11.6 Å². The van der Waals surface area contributed by atoms with Crippen LogP contribution in [0.2, 0.25) is 5.02 Å². The molecule has 0 aliphatic carbocycles. The maximum absolute atomic E-state index is 6.30. The van der Waals surface area contributed by atoms with Gasteiger partial charge in [0.05, 0.1) is 0 Å². The molecule has 0 N–H and O–H groups in total. The fourth-order valence-corrected chi connectivity index (χ4v) is 2.77. The van der Waals surface area contributed by atoms with Gasteiger partial charge in [0.15, 0.2) is 11.5 Å². The first-order valence-electron chi connectivity index (χ1n) is 6.98. The number of hydrogen-bond acceptors (Lipinski definition) is 2. The third-order valence-corrected chi connectivity index (χ3v) is 3.95. The molecular formula is C18H12ClN3. The highest BCUT2D eigenvalue weighted by Crippen LogP contribution is 2.28. The second-order valence-corrected chi connectivity index (χ2v) is 5.42. The lowest BCUT2D eigenvalue weighted by molar-refractivity contribution is 1.11. The molecule has 3 nitrogen and oxygen atoms in total. The van der Waals surface area contributed by atoms with Crippen LogP contribution in [0, 0.1) is 0 Å². The van der Waals surface area contributed by atoms with E-state index in [0.29, 0.717) is 0 Å². The Balaban J connectivity index is 1.92. The van der Waals surface area contributed by atoms with E-state index in [4.69, 9.17) is 11.6 Å². The first-order valence-corrected chi connectivity index (χ1v) is 7.36. The summed E-state index contributed by atoms with van der Waals surface area (Å²) in [6, 6.07) is 21.8. The van der Waals surface area contributed by atoms with Gasteiger partial charge in [0.25, 0.3) is 0 Å². The first-order chi connectivity index (χ1) is 10.8. The normalized spacial score (nSPS) is 11.0. The Labute approximate surface area is 132 Å². The summed E-state index contributed by atoms with van der Waals surface area (Å²) < 4.78 is 1.99. The molecule has 0 amide bonds. The van der Waals surface area contributed by atoms with E-state index in [1.165, 1.54) is 0 Å². The van der Waals surface area contributed by atoms with Crippen LogP contribution in [0.4, 0.5) is 0 Å². The van der Waals surface area contributed by atoms with Crippen LogP contribution in [0.1, 0.15) is 0 Å². The number of hydrogen-bond donors (Lipinski definition) is 0. The molecule has 106 valence electrons. The molecule has 2 aromatic carbocycles. The highest BCUT2D eigenvalue weighted by atomic mass is 35.5. The minimum Gasteiger partial charge on any atom is -0.282 e. The van der Waals surface area contributed by atoms with Gasteiger partial charge in [-0.05, 0) is 18.2 Å². The maximum atomic E-state index is 6.30. The molecule has 0 fully saturated rings. The summed E-state index contributed by atoms with van der Waals surface area (Å²) in [5.41, 5.74) is 3.88. The lowest BCUT2D eigenvalue weighted by Crippen LogP contribution is -1.91. The average molecular weight is 306 g/mol. The summed E-state index contributed by atoms with van der Waals surface area (Å²) in [6.45, 7) is 0. The largest absolute Gasteiger partial charge is 0.282 e. The van der Waals surface area contributed by atoms with Gasteiger partial charge in [0.2, 0.25) is 0 Å². The summed E-state index contributed by atoms with van der Waals surface area (Å²) in [5, 5.41) is 9.27. The van der Waals surface area contributed by atoms with Crippen molar-refractivity contribution in [3.05, 3.63) is 77.9 Å². The molecule has 0 saturated heterocycles. The fraction of sp³-hybridized carbons (Fsp3) is 0. The smallest absolute Gasteiger partial charge is 0.168 e. The second-order valence-electron chi connectivity index (χ2n) is 5.02. The van der Waals surface area contributed by atoms with Crippen LogP contribution in [-0.4, -0.2) is 14.6 Å². The number of rotatable bonds is 2. The number of nitrogens with zero attached hydrogens (tertiary/aromatic N) is 3. The Morgan fingerprint density at radius 1 is 0.727 bits per heavy atom. The van der Waals surface area contributed by atoms with Crippen molar-refractivity contribution in [3.8, 4) is 22.5 Å². The van der Waals surface area contributed by atoms with Crippen LogP contribution in [0.15, 0.2) is 72.9 Å². The molecule has 4 heteroatoms. The van der Waals surface area contributed by atoms with E-state index < -0.39 is 0 Å². The van der Waals surface area contributed by atoms with Gasteiger partial charge in [-0.15, -0.1) is 10.2 Å². The Morgan fingerprint density at radius 3 is 2.32 bits per heavy atom. The van der Waals surface area contributed by atoms with Crippen molar-refractivity contribution >= 4 is 17.2 Å². The van der Waals surface area contributed by atoms with Gasteiger partial charge < -0.3 is 0 Å². The summed E-state index contributed by atoms with van der Waals surface area (Å²) in [5.74, 6) is 0.824. The molecule has 0 bridgehead atoms. The zero-order valence-electron chi connectivity index (χ0n) is 11.6. The highest BCUT2D eigenvalue weighted by Gasteiger charge is 2.10. The standard InChI is InChI=1S/C18H12ClN3/c19-16-9-5-4-8-15(16)14-10-11-17-20-21-18(22(17)12-14)13-6-2-1-3-7-13/h1-12H. The van der Waals surface area contributed by atoms with Crippen molar-refractivity contribution in [1.29, 1.82) is 0 Å². The van der Waals surface area contributed by atoms with Gasteiger partial charge in [-0.3, -0.25) is 4.40 Å². The third kappa shape index (κ3) is 2.16. The van der Waals surface area contributed by atoms with Crippen LogP contribution in [0.5, 0.6) is 0 Å². The fourth-order valence-electron chi connectivity index (χ4n) is 2.53.